The van der Waals surface area contributed by atoms with E-state index in [1.165, 1.54) is 0 Å². The fraction of sp³-hybridized carbons (Fsp3) is 1.00. The lowest BCUT2D eigenvalue weighted by molar-refractivity contribution is -0.0570. The number of aliphatic hydroxyl groups excluding tert-OH is 1. The Morgan fingerprint density at radius 2 is 2.24 bits per heavy atom. The van der Waals surface area contributed by atoms with Gasteiger partial charge in [-0.15, -0.1) is 0 Å². The summed E-state index contributed by atoms with van der Waals surface area (Å²) in [7, 11) is 0. The summed E-state index contributed by atoms with van der Waals surface area (Å²) in [4.78, 5) is 2.51. The van der Waals surface area contributed by atoms with Gasteiger partial charge in [0.15, 0.2) is 0 Å². The first kappa shape index (κ1) is 14.9. The Morgan fingerprint density at radius 3 is 2.82 bits per heavy atom. The van der Waals surface area contributed by atoms with Crippen LogP contribution in [0.5, 0.6) is 0 Å². The van der Waals surface area contributed by atoms with Crippen LogP contribution in [0.3, 0.4) is 0 Å². The lowest BCUT2D eigenvalue weighted by atomic mass is 10.1. The van der Waals surface area contributed by atoms with Crippen molar-refractivity contribution in [3.8, 4) is 0 Å². The highest BCUT2D eigenvalue weighted by Gasteiger charge is 2.25. The minimum Gasteiger partial charge on any atom is -0.395 e. The Kier molecular flexibility index (Phi) is 7.04. The molecule has 3 atom stereocenters. The maximum atomic E-state index is 9.26. The number of hydrogen-bond acceptors (Lipinski definition) is 4. The minimum absolute atomic E-state index is 0.227. The second-order valence-electron chi connectivity index (χ2n) is 4.93. The minimum atomic E-state index is 0.227. The third-order valence-corrected chi connectivity index (χ3v) is 3.53. The van der Waals surface area contributed by atoms with Crippen molar-refractivity contribution in [2.24, 2.45) is 0 Å². The normalized spacial score (nSPS) is 28.2. The Bertz CT molecular complexity index is 202. The van der Waals surface area contributed by atoms with Crippen LogP contribution in [0, 0.1) is 0 Å². The Labute approximate surface area is 105 Å². The zero-order valence-electron chi connectivity index (χ0n) is 11.5. The Morgan fingerprint density at radius 1 is 1.47 bits per heavy atom. The highest BCUT2D eigenvalue weighted by molar-refractivity contribution is 4.79. The van der Waals surface area contributed by atoms with E-state index in [4.69, 9.17) is 4.74 Å². The van der Waals surface area contributed by atoms with Gasteiger partial charge < -0.3 is 15.2 Å². The first-order valence-corrected chi connectivity index (χ1v) is 6.91. The van der Waals surface area contributed by atoms with Gasteiger partial charge in [0.25, 0.3) is 0 Å². The molecule has 4 nitrogen and oxygen atoms in total. The molecule has 4 heteroatoms. The van der Waals surface area contributed by atoms with Crippen LogP contribution in [0.25, 0.3) is 0 Å². The number of ether oxygens (including phenoxy) is 1. The number of likely N-dealkylation sites (N-methyl/N-ethyl adjacent to an activating group) is 1. The van der Waals surface area contributed by atoms with Crippen molar-refractivity contribution in [2.45, 2.75) is 51.8 Å². The van der Waals surface area contributed by atoms with Crippen molar-refractivity contribution >= 4 is 0 Å². The molecule has 2 N–H and O–H groups in total. The van der Waals surface area contributed by atoms with E-state index in [0.717, 1.165) is 39.1 Å². The van der Waals surface area contributed by atoms with Crippen LogP contribution in [0.4, 0.5) is 0 Å². The molecule has 1 aliphatic heterocycles. The summed E-state index contributed by atoms with van der Waals surface area (Å²) in [6.07, 6.45) is 2.48. The van der Waals surface area contributed by atoms with E-state index in [9.17, 15) is 5.11 Å². The van der Waals surface area contributed by atoms with E-state index in [2.05, 4.69) is 31.0 Å². The van der Waals surface area contributed by atoms with Gasteiger partial charge >= 0.3 is 0 Å². The molecule has 1 fully saturated rings. The van der Waals surface area contributed by atoms with Gasteiger partial charge in [-0.2, -0.15) is 0 Å². The molecule has 0 aromatic heterocycles. The second kappa shape index (κ2) is 8.03. The van der Waals surface area contributed by atoms with Gasteiger partial charge in [-0.05, 0) is 26.3 Å². The van der Waals surface area contributed by atoms with Gasteiger partial charge in [-0.25, -0.2) is 0 Å². The third-order valence-electron chi connectivity index (χ3n) is 3.53. The third kappa shape index (κ3) is 4.92. The number of rotatable bonds is 7. The molecule has 1 rings (SSSR count). The van der Waals surface area contributed by atoms with Crippen LogP contribution in [-0.2, 0) is 4.74 Å². The number of aliphatic hydroxyl groups is 1. The monoisotopic (exact) mass is 244 g/mol. The number of nitrogens with one attached hydrogen (secondary N) is 1. The first-order valence-electron chi connectivity index (χ1n) is 6.91. The van der Waals surface area contributed by atoms with E-state index in [1.54, 1.807) is 0 Å². The summed E-state index contributed by atoms with van der Waals surface area (Å²) in [6.45, 7) is 10.5. The predicted molar refractivity (Wildman–Crippen MR) is 70.2 cm³/mol. The Balaban J connectivity index is 2.36. The lowest BCUT2D eigenvalue weighted by Gasteiger charge is -2.38. The molecule has 0 aromatic carbocycles. The van der Waals surface area contributed by atoms with Gasteiger partial charge in [0.05, 0.1) is 19.3 Å². The number of nitrogens with zero attached hydrogens (tertiary/aromatic N) is 1. The molecule has 1 aliphatic rings. The van der Waals surface area contributed by atoms with Crippen molar-refractivity contribution < 1.29 is 9.84 Å². The lowest BCUT2D eigenvalue weighted by Crippen LogP contribution is -2.50. The van der Waals surface area contributed by atoms with Crippen molar-refractivity contribution in [2.75, 3.05) is 32.8 Å². The fourth-order valence-corrected chi connectivity index (χ4v) is 2.43. The second-order valence-corrected chi connectivity index (χ2v) is 4.93. The fourth-order valence-electron chi connectivity index (χ4n) is 2.43. The summed E-state index contributed by atoms with van der Waals surface area (Å²) in [5.41, 5.74) is 0. The van der Waals surface area contributed by atoms with E-state index in [1.807, 2.05) is 0 Å². The molecular weight excluding hydrogens is 216 g/mol. The molecular formula is C13H28N2O2. The van der Waals surface area contributed by atoms with Gasteiger partial charge in [-0.3, -0.25) is 4.90 Å². The standard InChI is InChI=1S/C13H28N2O2/c1-4-13-10-17-11(3)8-15(13)7-6-12(9-16)14-5-2/h11-14,16H,4-10H2,1-3H3. The van der Waals surface area contributed by atoms with Crippen LogP contribution >= 0.6 is 0 Å². The van der Waals surface area contributed by atoms with E-state index >= 15 is 0 Å². The van der Waals surface area contributed by atoms with Crippen molar-refractivity contribution in [3.63, 3.8) is 0 Å². The van der Waals surface area contributed by atoms with Crippen LogP contribution in [0.1, 0.15) is 33.6 Å². The molecule has 0 saturated carbocycles. The highest BCUT2D eigenvalue weighted by atomic mass is 16.5. The molecule has 0 spiro atoms. The summed E-state index contributed by atoms with van der Waals surface area (Å²) in [6, 6.07) is 0.780. The molecule has 102 valence electrons. The first-order chi connectivity index (χ1) is 8.21. The molecule has 3 unspecified atom stereocenters. The average Bonchev–Trinajstić information content (AvgIpc) is 2.34. The van der Waals surface area contributed by atoms with Crippen LogP contribution in [-0.4, -0.2) is 61.0 Å². The summed E-state index contributed by atoms with van der Waals surface area (Å²) in [5, 5.41) is 12.6. The predicted octanol–water partition coefficient (Wildman–Crippen LogP) is 0.846. The van der Waals surface area contributed by atoms with Crippen molar-refractivity contribution in [3.05, 3.63) is 0 Å². The molecule has 1 heterocycles. The van der Waals surface area contributed by atoms with E-state index < -0.39 is 0 Å². The Hall–Kier alpha value is -0.160. The summed E-state index contributed by atoms with van der Waals surface area (Å²) < 4.78 is 5.69. The molecule has 17 heavy (non-hydrogen) atoms. The summed E-state index contributed by atoms with van der Waals surface area (Å²) in [5.74, 6) is 0. The van der Waals surface area contributed by atoms with Gasteiger partial charge in [0.2, 0.25) is 0 Å². The number of morpholine rings is 1. The quantitative estimate of drug-likeness (QED) is 0.697. The van der Waals surface area contributed by atoms with Crippen LogP contribution in [0.15, 0.2) is 0 Å². The van der Waals surface area contributed by atoms with E-state index in [0.29, 0.717) is 12.1 Å². The molecule has 0 amide bonds. The largest absolute Gasteiger partial charge is 0.395 e. The zero-order valence-corrected chi connectivity index (χ0v) is 11.5. The summed E-state index contributed by atoms with van der Waals surface area (Å²) >= 11 is 0. The SMILES string of the molecule is CCNC(CO)CCN1CC(C)OCC1CC. The smallest absolute Gasteiger partial charge is 0.0674 e. The van der Waals surface area contributed by atoms with Crippen LogP contribution in [0.2, 0.25) is 0 Å². The van der Waals surface area contributed by atoms with Gasteiger partial charge in [-0.1, -0.05) is 13.8 Å². The molecule has 0 bridgehead atoms. The molecule has 0 radical (unpaired) electrons. The van der Waals surface area contributed by atoms with E-state index in [-0.39, 0.29) is 12.6 Å². The van der Waals surface area contributed by atoms with Gasteiger partial charge in [0.1, 0.15) is 0 Å². The van der Waals surface area contributed by atoms with Crippen molar-refractivity contribution in [1.82, 2.24) is 10.2 Å². The molecule has 1 saturated heterocycles. The zero-order chi connectivity index (χ0) is 12.7. The number of hydrogen-bond donors (Lipinski definition) is 2. The maximum absolute atomic E-state index is 9.26. The van der Waals surface area contributed by atoms with Gasteiger partial charge in [0, 0.05) is 25.2 Å². The van der Waals surface area contributed by atoms with Crippen LogP contribution < -0.4 is 5.32 Å². The molecule has 0 aliphatic carbocycles. The molecule has 0 aromatic rings. The van der Waals surface area contributed by atoms with Crippen molar-refractivity contribution in [1.29, 1.82) is 0 Å². The average molecular weight is 244 g/mol. The topological polar surface area (TPSA) is 44.7 Å². The maximum Gasteiger partial charge on any atom is 0.0674 e. The highest BCUT2D eigenvalue weighted by Crippen LogP contribution is 2.15.